The summed E-state index contributed by atoms with van der Waals surface area (Å²) in [6.45, 7) is 3.23. The van der Waals surface area contributed by atoms with Crippen LogP contribution in [0, 0.1) is 13.8 Å². The number of ether oxygens (including phenoxy) is 1. The Bertz CT molecular complexity index is 402. The predicted octanol–water partition coefficient (Wildman–Crippen LogP) is 3.07. The number of carboxylic acid groups (broad SMARTS) is 1. The van der Waals surface area contributed by atoms with Gasteiger partial charge in [0.1, 0.15) is 0 Å². The summed E-state index contributed by atoms with van der Waals surface area (Å²) in [4.78, 5) is 10.3. The zero-order chi connectivity index (χ0) is 11.6. The standard InChI is InChI=1S/C10H10Cl2O3/c1-5-3-7(11)10(9(12)6(5)2)15-4-8(13)14/h3H,4H2,1-2H3,(H,13,14). The monoisotopic (exact) mass is 248 g/mol. The summed E-state index contributed by atoms with van der Waals surface area (Å²) in [5.41, 5.74) is 1.77. The van der Waals surface area contributed by atoms with Gasteiger partial charge in [0.25, 0.3) is 0 Å². The van der Waals surface area contributed by atoms with Crippen LogP contribution in [-0.4, -0.2) is 17.7 Å². The Balaban J connectivity index is 3.07. The second-order valence-corrected chi connectivity index (χ2v) is 3.91. The fourth-order valence-corrected chi connectivity index (χ4v) is 1.74. The van der Waals surface area contributed by atoms with Crippen LogP contribution in [-0.2, 0) is 4.79 Å². The molecule has 1 aromatic carbocycles. The van der Waals surface area contributed by atoms with Gasteiger partial charge in [-0.25, -0.2) is 4.79 Å². The molecule has 0 aliphatic heterocycles. The maximum Gasteiger partial charge on any atom is 0.341 e. The smallest absolute Gasteiger partial charge is 0.341 e. The van der Waals surface area contributed by atoms with Gasteiger partial charge in [-0.1, -0.05) is 23.2 Å². The van der Waals surface area contributed by atoms with Crippen molar-refractivity contribution in [3.8, 4) is 5.75 Å². The first-order valence-electron chi connectivity index (χ1n) is 4.23. The van der Waals surface area contributed by atoms with Crippen molar-refractivity contribution >= 4 is 29.2 Å². The van der Waals surface area contributed by atoms with Crippen molar-refractivity contribution in [2.75, 3.05) is 6.61 Å². The molecule has 0 atom stereocenters. The van der Waals surface area contributed by atoms with Gasteiger partial charge in [-0.3, -0.25) is 0 Å². The lowest BCUT2D eigenvalue weighted by Crippen LogP contribution is -2.10. The molecular weight excluding hydrogens is 239 g/mol. The van der Waals surface area contributed by atoms with Gasteiger partial charge >= 0.3 is 5.97 Å². The number of aliphatic carboxylic acids is 1. The second-order valence-electron chi connectivity index (χ2n) is 3.13. The minimum atomic E-state index is -1.07. The Morgan fingerprint density at radius 3 is 2.60 bits per heavy atom. The van der Waals surface area contributed by atoms with Crippen molar-refractivity contribution in [3.05, 3.63) is 27.2 Å². The average molecular weight is 249 g/mol. The number of hydrogen-bond acceptors (Lipinski definition) is 2. The summed E-state index contributed by atoms with van der Waals surface area (Å²) in [6.07, 6.45) is 0. The van der Waals surface area contributed by atoms with Gasteiger partial charge in [0, 0.05) is 0 Å². The number of carboxylic acids is 1. The van der Waals surface area contributed by atoms with E-state index in [0.717, 1.165) is 11.1 Å². The molecule has 0 heterocycles. The van der Waals surface area contributed by atoms with E-state index in [0.29, 0.717) is 10.0 Å². The van der Waals surface area contributed by atoms with E-state index in [2.05, 4.69) is 0 Å². The lowest BCUT2D eigenvalue weighted by Gasteiger charge is -2.11. The Morgan fingerprint density at radius 1 is 1.47 bits per heavy atom. The predicted molar refractivity (Wildman–Crippen MR) is 59.1 cm³/mol. The van der Waals surface area contributed by atoms with Crippen LogP contribution in [0.3, 0.4) is 0 Å². The highest BCUT2D eigenvalue weighted by Crippen LogP contribution is 2.37. The number of carbonyl (C=O) groups is 1. The third-order valence-electron chi connectivity index (χ3n) is 2.02. The molecule has 0 saturated carbocycles. The Hall–Kier alpha value is -0.930. The van der Waals surface area contributed by atoms with E-state index in [1.54, 1.807) is 6.07 Å². The zero-order valence-corrected chi connectivity index (χ0v) is 9.82. The van der Waals surface area contributed by atoms with Gasteiger partial charge in [0.05, 0.1) is 10.0 Å². The first kappa shape index (κ1) is 12.1. The molecular formula is C10H10Cl2O3. The van der Waals surface area contributed by atoms with E-state index in [4.69, 9.17) is 33.0 Å². The molecule has 0 radical (unpaired) electrons. The van der Waals surface area contributed by atoms with Crippen molar-refractivity contribution in [3.63, 3.8) is 0 Å². The molecule has 0 saturated heterocycles. The lowest BCUT2D eigenvalue weighted by molar-refractivity contribution is -0.139. The molecule has 1 aromatic rings. The molecule has 0 amide bonds. The molecule has 3 nitrogen and oxygen atoms in total. The second kappa shape index (κ2) is 4.73. The van der Waals surface area contributed by atoms with E-state index < -0.39 is 12.6 Å². The Labute approximate surface area is 97.6 Å². The number of aryl methyl sites for hydroxylation is 1. The van der Waals surface area contributed by atoms with Crippen LogP contribution in [0.25, 0.3) is 0 Å². The zero-order valence-electron chi connectivity index (χ0n) is 8.30. The first-order chi connectivity index (χ1) is 6.93. The van der Waals surface area contributed by atoms with Gasteiger partial charge in [0.15, 0.2) is 12.4 Å². The van der Waals surface area contributed by atoms with Gasteiger partial charge < -0.3 is 9.84 Å². The highest BCUT2D eigenvalue weighted by molar-refractivity contribution is 6.37. The minimum Gasteiger partial charge on any atom is -0.479 e. The summed E-state index contributed by atoms with van der Waals surface area (Å²) in [5.74, 6) is -0.843. The Morgan fingerprint density at radius 2 is 2.07 bits per heavy atom. The average Bonchev–Trinajstić information content (AvgIpc) is 2.14. The molecule has 0 fully saturated rings. The number of hydrogen-bond donors (Lipinski definition) is 1. The largest absolute Gasteiger partial charge is 0.479 e. The van der Waals surface area contributed by atoms with Crippen molar-refractivity contribution < 1.29 is 14.6 Å². The van der Waals surface area contributed by atoms with E-state index in [1.165, 1.54) is 0 Å². The van der Waals surface area contributed by atoms with Crippen LogP contribution in [0.5, 0.6) is 5.75 Å². The third-order valence-corrected chi connectivity index (χ3v) is 2.76. The fraction of sp³-hybridized carbons (Fsp3) is 0.300. The van der Waals surface area contributed by atoms with Gasteiger partial charge in [-0.2, -0.15) is 0 Å². The maximum atomic E-state index is 10.3. The van der Waals surface area contributed by atoms with Crippen LogP contribution < -0.4 is 4.74 Å². The summed E-state index contributed by atoms with van der Waals surface area (Å²) >= 11 is 11.9. The molecule has 0 spiro atoms. The van der Waals surface area contributed by atoms with E-state index in [9.17, 15) is 4.79 Å². The number of benzene rings is 1. The molecule has 0 bridgehead atoms. The van der Waals surface area contributed by atoms with Gasteiger partial charge in [-0.15, -0.1) is 0 Å². The molecule has 1 rings (SSSR count). The van der Waals surface area contributed by atoms with E-state index in [-0.39, 0.29) is 5.75 Å². The molecule has 1 N–H and O–H groups in total. The van der Waals surface area contributed by atoms with Crippen LogP contribution >= 0.6 is 23.2 Å². The topological polar surface area (TPSA) is 46.5 Å². The summed E-state index contributed by atoms with van der Waals surface area (Å²) < 4.78 is 5.00. The maximum absolute atomic E-state index is 10.3. The molecule has 0 unspecified atom stereocenters. The SMILES string of the molecule is Cc1cc(Cl)c(OCC(=O)O)c(Cl)c1C. The van der Waals surface area contributed by atoms with Crippen molar-refractivity contribution in [1.29, 1.82) is 0 Å². The highest BCUT2D eigenvalue weighted by atomic mass is 35.5. The molecule has 82 valence electrons. The van der Waals surface area contributed by atoms with Gasteiger partial charge in [-0.05, 0) is 31.0 Å². The van der Waals surface area contributed by atoms with E-state index >= 15 is 0 Å². The number of rotatable bonds is 3. The summed E-state index contributed by atoms with van der Waals surface area (Å²) in [5, 5.41) is 9.16. The van der Waals surface area contributed by atoms with Crippen LogP contribution in [0.15, 0.2) is 6.07 Å². The lowest BCUT2D eigenvalue weighted by atomic mass is 10.1. The van der Waals surface area contributed by atoms with Crippen LogP contribution in [0.1, 0.15) is 11.1 Å². The summed E-state index contributed by atoms with van der Waals surface area (Å²) in [6, 6.07) is 1.69. The van der Waals surface area contributed by atoms with Crippen molar-refractivity contribution in [1.82, 2.24) is 0 Å². The quantitative estimate of drug-likeness (QED) is 0.895. The number of halogens is 2. The van der Waals surface area contributed by atoms with Crippen molar-refractivity contribution in [2.24, 2.45) is 0 Å². The van der Waals surface area contributed by atoms with Crippen LogP contribution in [0.4, 0.5) is 0 Å². The third kappa shape index (κ3) is 2.76. The highest BCUT2D eigenvalue weighted by Gasteiger charge is 2.13. The molecule has 0 aliphatic carbocycles. The van der Waals surface area contributed by atoms with E-state index in [1.807, 2.05) is 13.8 Å². The molecule has 5 heteroatoms. The first-order valence-corrected chi connectivity index (χ1v) is 4.99. The fourth-order valence-electron chi connectivity index (χ4n) is 1.08. The molecule has 0 aliphatic rings. The molecule has 0 aromatic heterocycles. The normalized spacial score (nSPS) is 10.1. The van der Waals surface area contributed by atoms with Crippen LogP contribution in [0.2, 0.25) is 10.0 Å². The van der Waals surface area contributed by atoms with Gasteiger partial charge in [0.2, 0.25) is 0 Å². The van der Waals surface area contributed by atoms with Crippen molar-refractivity contribution in [2.45, 2.75) is 13.8 Å². The molecule has 15 heavy (non-hydrogen) atoms. The summed E-state index contributed by atoms with van der Waals surface area (Å²) in [7, 11) is 0. The minimum absolute atomic E-state index is 0.226. The Kier molecular flexibility index (Phi) is 3.83.